The SMILES string of the molecule is CCCCCCCC(c1ccccc1)C(C)C. The van der Waals surface area contributed by atoms with Crippen LogP contribution in [-0.4, -0.2) is 0 Å². The molecule has 0 saturated carbocycles. The molecule has 1 atom stereocenters. The van der Waals surface area contributed by atoms with E-state index in [9.17, 15) is 0 Å². The lowest BCUT2D eigenvalue weighted by atomic mass is 9.84. The first-order chi connectivity index (χ1) is 8.25. The first kappa shape index (κ1) is 14.3. The first-order valence-electron chi connectivity index (χ1n) is 7.30. The molecule has 1 aromatic carbocycles. The summed E-state index contributed by atoms with van der Waals surface area (Å²) < 4.78 is 0. The molecule has 1 rings (SSSR count). The van der Waals surface area contributed by atoms with Crippen molar-refractivity contribution < 1.29 is 0 Å². The second-order valence-electron chi connectivity index (χ2n) is 5.46. The van der Waals surface area contributed by atoms with Gasteiger partial charge in [0.2, 0.25) is 0 Å². The van der Waals surface area contributed by atoms with E-state index in [1.165, 1.54) is 44.1 Å². The fourth-order valence-corrected chi connectivity index (χ4v) is 2.55. The molecule has 0 fully saturated rings. The van der Waals surface area contributed by atoms with Crippen LogP contribution in [0.5, 0.6) is 0 Å². The maximum absolute atomic E-state index is 2.35. The molecular formula is C17H28. The van der Waals surface area contributed by atoms with Gasteiger partial charge in [0.25, 0.3) is 0 Å². The molecule has 0 spiro atoms. The van der Waals surface area contributed by atoms with Gasteiger partial charge in [0.05, 0.1) is 0 Å². The molecular weight excluding hydrogens is 204 g/mol. The van der Waals surface area contributed by atoms with Crippen LogP contribution in [0.2, 0.25) is 0 Å². The normalized spacial score (nSPS) is 12.9. The van der Waals surface area contributed by atoms with E-state index in [1.807, 2.05) is 0 Å². The Bertz CT molecular complexity index is 273. The lowest BCUT2D eigenvalue weighted by Crippen LogP contribution is -2.06. The summed E-state index contributed by atoms with van der Waals surface area (Å²) >= 11 is 0. The van der Waals surface area contributed by atoms with Gasteiger partial charge in [-0.1, -0.05) is 83.2 Å². The number of hydrogen-bond acceptors (Lipinski definition) is 0. The van der Waals surface area contributed by atoms with Crippen LogP contribution < -0.4 is 0 Å². The second-order valence-corrected chi connectivity index (χ2v) is 5.46. The van der Waals surface area contributed by atoms with Gasteiger partial charge in [-0.3, -0.25) is 0 Å². The van der Waals surface area contributed by atoms with Crippen LogP contribution in [0.4, 0.5) is 0 Å². The molecule has 0 heteroatoms. The van der Waals surface area contributed by atoms with Crippen LogP contribution in [0.3, 0.4) is 0 Å². The maximum atomic E-state index is 2.35. The van der Waals surface area contributed by atoms with E-state index >= 15 is 0 Å². The minimum absolute atomic E-state index is 0.748. The molecule has 0 N–H and O–H groups in total. The number of hydrogen-bond donors (Lipinski definition) is 0. The molecule has 1 unspecified atom stereocenters. The smallest absolute Gasteiger partial charge is 0.0139 e. The van der Waals surface area contributed by atoms with Crippen LogP contribution >= 0.6 is 0 Å². The van der Waals surface area contributed by atoms with Crippen LogP contribution in [0.15, 0.2) is 30.3 Å². The summed E-state index contributed by atoms with van der Waals surface area (Å²) in [6.45, 7) is 6.98. The fraction of sp³-hybridized carbons (Fsp3) is 0.647. The largest absolute Gasteiger partial charge is 0.0654 e. The minimum Gasteiger partial charge on any atom is -0.0654 e. The summed E-state index contributed by atoms with van der Waals surface area (Å²) in [6.07, 6.45) is 8.30. The maximum Gasteiger partial charge on any atom is -0.0139 e. The van der Waals surface area contributed by atoms with E-state index in [-0.39, 0.29) is 0 Å². The van der Waals surface area contributed by atoms with E-state index in [2.05, 4.69) is 51.1 Å². The third kappa shape index (κ3) is 5.39. The van der Waals surface area contributed by atoms with Crippen LogP contribution in [0, 0.1) is 5.92 Å². The van der Waals surface area contributed by atoms with Crippen molar-refractivity contribution >= 4 is 0 Å². The van der Waals surface area contributed by atoms with Gasteiger partial charge in [-0.05, 0) is 23.8 Å². The highest BCUT2D eigenvalue weighted by Crippen LogP contribution is 2.29. The van der Waals surface area contributed by atoms with Crippen molar-refractivity contribution in [1.82, 2.24) is 0 Å². The van der Waals surface area contributed by atoms with Crippen molar-refractivity contribution in [3.05, 3.63) is 35.9 Å². The Kier molecular flexibility index (Phi) is 7.00. The molecule has 17 heavy (non-hydrogen) atoms. The van der Waals surface area contributed by atoms with Gasteiger partial charge < -0.3 is 0 Å². The van der Waals surface area contributed by atoms with Crippen molar-refractivity contribution in [2.45, 2.75) is 65.2 Å². The van der Waals surface area contributed by atoms with Crippen molar-refractivity contribution in [3.8, 4) is 0 Å². The zero-order valence-corrected chi connectivity index (χ0v) is 11.8. The molecule has 0 amide bonds. The highest BCUT2D eigenvalue weighted by molar-refractivity contribution is 5.19. The van der Waals surface area contributed by atoms with E-state index < -0.39 is 0 Å². The Hall–Kier alpha value is -0.780. The Morgan fingerprint density at radius 2 is 1.53 bits per heavy atom. The lowest BCUT2D eigenvalue weighted by Gasteiger charge is -2.21. The topological polar surface area (TPSA) is 0 Å². The average molecular weight is 232 g/mol. The minimum atomic E-state index is 0.748. The summed E-state index contributed by atoms with van der Waals surface area (Å²) in [7, 11) is 0. The summed E-state index contributed by atoms with van der Waals surface area (Å²) in [4.78, 5) is 0. The van der Waals surface area contributed by atoms with E-state index in [0.29, 0.717) is 0 Å². The van der Waals surface area contributed by atoms with E-state index in [4.69, 9.17) is 0 Å². The summed E-state index contributed by atoms with van der Waals surface area (Å²) in [5.74, 6) is 1.50. The van der Waals surface area contributed by atoms with Crippen molar-refractivity contribution in [2.24, 2.45) is 5.92 Å². The predicted molar refractivity (Wildman–Crippen MR) is 77.4 cm³/mol. The molecule has 96 valence electrons. The molecule has 0 radical (unpaired) electrons. The molecule has 0 aromatic heterocycles. The molecule has 0 aliphatic rings. The molecule has 0 bridgehead atoms. The summed E-state index contributed by atoms with van der Waals surface area (Å²) in [6, 6.07) is 11.0. The molecule has 1 aromatic rings. The van der Waals surface area contributed by atoms with Crippen molar-refractivity contribution in [1.29, 1.82) is 0 Å². The molecule has 0 heterocycles. The summed E-state index contributed by atoms with van der Waals surface area (Å²) in [5, 5.41) is 0. The second kappa shape index (κ2) is 8.33. The Labute approximate surface area is 107 Å². The predicted octanol–water partition coefficient (Wildman–Crippen LogP) is 5.79. The van der Waals surface area contributed by atoms with Gasteiger partial charge in [0.1, 0.15) is 0 Å². The standard InChI is InChI=1S/C17H28/c1-4-5-6-7-11-14-17(15(2)3)16-12-9-8-10-13-16/h8-10,12-13,15,17H,4-7,11,14H2,1-3H3. The third-order valence-electron chi connectivity index (χ3n) is 3.65. The van der Waals surface area contributed by atoms with E-state index in [1.54, 1.807) is 0 Å². The molecule has 0 aliphatic heterocycles. The number of unbranched alkanes of at least 4 members (excludes halogenated alkanes) is 4. The Morgan fingerprint density at radius 1 is 0.882 bits per heavy atom. The third-order valence-corrected chi connectivity index (χ3v) is 3.65. The molecule has 0 aliphatic carbocycles. The van der Waals surface area contributed by atoms with E-state index in [0.717, 1.165) is 11.8 Å². The summed E-state index contributed by atoms with van der Waals surface area (Å²) in [5.41, 5.74) is 1.53. The van der Waals surface area contributed by atoms with Gasteiger partial charge in [0, 0.05) is 0 Å². The Balaban J connectivity index is 2.40. The fourth-order valence-electron chi connectivity index (χ4n) is 2.55. The quantitative estimate of drug-likeness (QED) is 0.498. The Morgan fingerprint density at radius 3 is 2.12 bits per heavy atom. The monoisotopic (exact) mass is 232 g/mol. The zero-order valence-electron chi connectivity index (χ0n) is 11.8. The number of rotatable bonds is 8. The highest BCUT2D eigenvalue weighted by atomic mass is 14.2. The average Bonchev–Trinajstić information content (AvgIpc) is 2.34. The van der Waals surface area contributed by atoms with Crippen LogP contribution in [0.1, 0.15) is 70.8 Å². The first-order valence-corrected chi connectivity index (χ1v) is 7.30. The van der Waals surface area contributed by atoms with Gasteiger partial charge in [-0.25, -0.2) is 0 Å². The number of benzene rings is 1. The van der Waals surface area contributed by atoms with Gasteiger partial charge in [-0.15, -0.1) is 0 Å². The zero-order chi connectivity index (χ0) is 12.5. The van der Waals surface area contributed by atoms with Gasteiger partial charge in [0.15, 0.2) is 0 Å². The van der Waals surface area contributed by atoms with Crippen LogP contribution in [0.25, 0.3) is 0 Å². The lowest BCUT2D eigenvalue weighted by molar-refractivity contribution is 0.443. The van der Waals surface area contributed by atoms with Crippen LogP contribution in [-0.2, 0) is 0 Å². The molecule has 0 saturated heterocycles. The highest BCUT2D eigenvalue weighted by Gasteiger charge is 2.14. The molecule has 0 nitrogen and oxygen atoms in total. The van der Waals surface area contributed by atoms with Gasteiger partial charge in [-0.2, -0.15) is 0 Å². The van der Waals surface area contributed by atoms with Gasteiger partial charge >= 0.3 is 0 Å². The van der Waals surface area contributed by atoms with Crippen molar-refractivity contribution in [3.63, 3.8) is 0 Å². The van der Waals surface area contributed by atoms with Crippen molar-refractivity contribution in [2.75, 3.05) is 0 Å².